The summed E-state index contributed by atoms with van der Waals surface area (Å²) in [6.45, 7) is 0. The van der Waals surface area contributed by atoms with Gasteiger partial charge in [0.15, 0.2) is 0 Å². The zero-order valence-electron chi connectivity index (χ0n) is 34.5. The van der Waals surface area contributed by atoms with Gasteiger partial charge in [0.2, 0.25) is 0 Å². The van der Waals surface area contributed by atoms with Gasteiger partial charge in [-0.25, -0.2) is 0 Å². The Morgan fingerprint density at radius 2 is 0.841 bits per heavy atom. The van der Waals surface area contributed by atoms with Crippen LogP contribution >= 0.6 is 0 Å². The number of anilines is 3. The molecule has 0 unspecified atom stereocenters. The average molecular weight is 804 g/mol. The molecule has 1 heterocycles. The molecule has 11 aromatic rings. The Balaban J connectivity index is 1.13. The van der Waals surface area contributed by atoms with Crippen molar-refractivity contribution in [3.05, 3.63) is 271 Å². The summed E-state index contributed by atoms with van der Waals surface area (Å²) in [5.41, 5.74) is 18.9. The molecule has 0 atom stereocenters. The molecule has 0 fully saturated rings. The Labute approximate surface area is 367 Å². The molecule has 10 aromatic carbocycles. The van der Waals surface area contributed by atoms with Gasteiger partial charge in [-0.3, -0.25) is 0 Å². The molecule has 1 aliphatic rings. The van der Waals surface area contributed by atoms with E-state index in [0.29, 0.717) is 0 Å². The summed E-state index contributed by atoms with van der Waals surface area (Å²) < 4.78 is 6.62. The fourth-order valence-electron chi connectivity index (χ4n) is 10.2. The van der Waals surface area contributed by atoms with Crippen LogP contribution in [0.5, 0.6) is 0 Å². The molecule has 0 amide bonds. The van der Waals surface area contributed by atoms with E-state index >= 15 is 0 Å². The topological polar surface area (TPSA) is 16.4 Å². The van der Waals surface area contributed by atoms with E-state index in [0.717, 1.165) is 50.1 Å². The zero-order chi connectivity index (χ0) is 41.7. The highest BCUT2D eigenvalue weighted by Gasteiger charge is 2.46. The molecule has 0 aliphatic heterocycles. The number of furan rings is 1. The second kappa shape index (κ2) is 15.1. The first-order valence-electron chi connectivity index (χ1n) is 21.7. The summed E-state index contributed by atoms with van der Waals surface area (Å²) in [5, 5.41) is 2.18. The molecule has 0 N–H and O–H groups in total. The van der Waals surface area contributed by atoms with Crippen LogP contribution in [0.2, 0.25) is 0 Å². The van der Waals surface area contributed by atoms with Gasteiger partial charge >= 0.3 is 0 Å². The Hall–Kier alpha value is -8.20. The number of benzene rings is 10. The number of fused-ring (bicyclic) bond motifs is 6. The van der Waals surface area contributed by atoms with Crippen molar-refractivity contribution in [3.63, 3.8) is 0 Å². The normalized spacial score (nSPS) is 12.6. The molecule has 2 nitrogen and oxygen atoms in total. The van der Waals surface area contributed by atoms with Crippen LogP contribution in [-0.4, -0.2) is 0 Å². The molecule has 12 rings (SSSR count). The Morgan fingerprint density at radius 1 is 0.333 bits per heavy atom. The third-order valence-corrected chi connectivity index (χ3v) is 13.0. The summed E-state index contributed by atoms with van der Waals surface area (Å²) in [4.78, 5) is 2.45. The standard InChI is InChI=1S/C61H41NO/c1-4-17-42(18-5-1)44-31-33-46(34-32-44)59-56(39-40-58-60(59)53-27-12-15-30-57(53)63-58)62(49-37-35-45(36-38-49)43-19-6-2-7-20-43)50-24-16-23-48(41-50)61(47-21-8-3-9-22-47)54-28-13-10-25-51(54)52-26-11-14-29-55(52)61/h1-41H. The molecule has 0 spiro atoms. The van der Waals surface area contributed by atoms with E-state index < -0.39 is 5.41 Å². The van der Waals surface area contributed by atoms with Crippen molar-refractivity contribution in [2.24, 2.45) is 0 Å². The Kier molecular flexibility index (Phi) is 8.76. The zero-order valence-corrected chi connectivity index (χ0v) is 34.5. The number of rotatable bonds is 8. The van der Waals surface area contributed by atoms with Gasteiger partial charge in [0.05, 0.1) is 11.1 Å². The first-order valence-corrected chi connectivity index (χ1v) is 21.7. The van der Waals surface area contributed by atoms with Gasteiger partial charge in [0.1, 0.15) is 11.2 Å². The molecule has 63 heavy (non-hydrogen) atoms. The molecule has 0 saturated heterocycles. The van der Waals surface area contributed by atoms with E-state index in [1.807, 2.05) is 6.07 Å². The summed E-state index contributed by atoms with van der Waals surface area (Å²) in [6.07, 6.45) is 0. The smallest absolute Gasteiger partial charge is 0.136 e. The Bertz CT molecular complexity index is 3380. The number of hydrogen-bond acceptors (Lipinski definition) is 2. The lowest BCUT2D eigenvalue weighted by Gasteiger charge is -2.35. The third kappa shape index (κ3) is 5.95. The number of nitrogens with zero attached hydrogens (tertiary/aromatic N) is 1. The van der Waals surface area contributed by atoms with E-state index in [1.165, 1.54) is 55.6 Å². The predicted octanol–water partition coefficient (Wildman–Crippen LogP) is 16.4. The van der Waals surface area contributed by atoms with Crippen molar-refractivity contribution in [1.29, 1.82) is 0 Å². The van der Waals surface area contributed by atoms with E-state index in [9.17, 15) is 0 Å². The minimum atomic E-state index is -0.548. The van der Waals surface area contributed by atoms with Crippen LogP contribution in [0.25, 0.3) is 66.4 Å². The molecule has 0 bridgehead atoms. The monoisotopic (exact) mass is 803 g/mol. The fourth-order valence-corrected chi connectivity index (χ4v) is 10.2. The van der Waals surface area contributed by atoms with Crippen molar-refractivity contribution in [2.75, 3.05) is 4.90 Å². The molecule has 1 aromatic heterocycles. The minimum Gasteiger partial charge on any atom is -0.456 e. The van der Waals surface area contributed by atoms with Gasteiger partial charge in [0, 0.05) is 27.7 Å². The van der Waals surface area contributed by atoms with Crippen LogP contribution in [-0.2, 0) is 5.41 Å². The highest BCUT2D eigenvalue weighted by atomic mass is 16.3. The maximum absolute atomic E-state index is 6.62. The van der Waals surface area contributed by atoms with Gasteiger partial charge in [-0.1, -0.05) is 206 Å². The van der Waals surface area contributed by atoms with Crippen LogP contribution in [0, 0.1) is 0 Å². The minimum absolute atomic E-state index is 0.548. The molecular weight excluding hydrogens is 763 g/mol. The van der Waals surface area contributed by atoms with Crippen molar-refractivity contribution < 1.29 is 4.42 Å². The van der Waals surface area contributed by atoms with Gasteiger partial charge in [-0.2, -0.15) is 0 Å². The van der Waals surface area contributed by atoms with Crippen LogP contribution in [0.15, 0.2) is 253 Å². The molecule has 296 valence electrons. The summed E-state index contributed by atoms with van der Waals surface area (Å²) in [7, 11) is 0. The molecular formula is C61H41NO. The highest BCUT2D eigenvalue weighted by molar-refractivity contribution is 6.16. The number of para-hydroxylation sites is 1. The van der Waals surface area contributed by atoms with E-state index in [2.05, 4.69) is 248 Å². The lowest BCUT2D eigenvalue weighted by atomic mass is 9.67. The SMILES string of the molecule is c1ccc(-c2ccc(-c3c(N(c4ccc(-c5ccccc5)cc4)c4cccc(C5(c6ccccc6)c6ccccc6-c6ccccc65)c4)ccc4oc5ccccc5c34)cc2)cc1. The van der Waals surface area contributed by atoms with Crippen LogP contribution < -0.4 is 4.90 Å². The maximum Gasteiger partial charge on any atom is 0.136 e. The van der Waals surface area contributed by atoms with Crippen LogP contribution in [0.3, 0.4) is 0 Å². The number of hydrogen-bond donors (Lipinski definition) is 0. The van der Waals surface area contributed by atoms with Crippen LogP contribution in [0.4, 0.5) is 17.1 Å². The van der Waals surface area contributed by atoms with Gasteiger partial charge in [-0.05, 0) is 104 Å². The molecule has 2 heteroatoms. The second-order valence-electron chi connectivity index (χ2n) is 16.4. The first kappa shape index (κ1) is 36.6. The predicted molar refractivity (Wildman–Crippen MR) is 262 cm³/mol. The van der Waals surface area contributed by atoms with Crippen molar-refractivity contribution >= 4 is 39.0 Å². The molecule has 0 radical (unpaired) electrons. The fraction of sp³-hybridized carbons (Fsp3) is 0.0164. The van der Waals surface area contributed by atoms with Crippen molar-refractivity contribution in [3.8, 4) is 44.5 Å². The van der Waals surface area contributed by atoms with Crippen LogP contribution in [0.1, 0.15) is 22.3 Å². The van der Waals surface area contributed by atoms with Gasteiger partial charge in [0.25, 0.3) is 0 Å². The van der Waals surface area contributed by atoms with Crippen molar-refractivity contribution in [1.82, 2.24) is 0 Å². The third-order valence-electron chi connectivity index (χ3n) is 13.0. The van der Waals surface area contributed by atoms with E-state index in [1.54, 1.807) is 0 Å². The second-order valence-corrected chi connectivity index (χ2v) is 16.4. The summed E-state index contributed by atoms with van der Waals surface area (Å²) in [6, 6.07) is 90.3. The average Bonchev–Trinajstić information content (AvgIpc) is 3.89. The lowest BCUT2D eigenvalue weighted by Crippen LogP contribution is -2.28. The van der Waals surface area contributed by atoms with Gasteiger partial charge < -0.3 is 9.32 Å². The largest absolute Gasteiger partial charge is 0.456 e. The lowest BCUT2D eigenvalue weighted by molar-refractivity contribution is 0.669. The first-order chi connectivity index (χ1) is 31.3. The van der Waals surface area contributed by atoms with Gasteiger partial charge in [-0.15, -0.1) is 0 Å². The summed E-state index contributed by atoms with van der Waals surface area (Å²) in [5.74, 6) is 0. The van der Waals surface area contributed by atoms with E-state index in [4.69, 9.17) is 4.42 Å². The molecule has 0 saturated carbocycles. The molecule has 1 aliphatic carbocycles. The maximum atomic E-state index is 6.62. The highest BCUT2D eigenvalue weighted by Crippen LogP contribution is 2.57. The van der Waals surface area contributed by atoms with Crippen molar-refractivity contribution in [2.45, 2.75) is 5.41 Å². The Morgan fingerprint density at radius 3 is 1.49 bits per heavy atom. The summed E-state index contributed by atoms with van der Waals surface area (Å²) >= 11 is 0. The van der Waals surface area contributed by atoms with E-state index in [-0.39, 0.29) is 0 Å². The quantitative estimate of drug-likeness (QED) is 0.152.